The van der Waals surface area contributed by atoms with Crippen LogP contribution in [-0.4, -0.2) is 92.5 Å². The van der Waals surface area contributed by atoms with E-state index in [1.54, 1.807) is 30.4 Å². The Hall–Kier alpha value is -3.67. The molecule has 0 aromatic carbocycles. The van der Waals surface area contributed by atoms with Crippen molar-refractivity contribution in [3.05, 3.63) is 122 Å². The smallest absolute Gasteiger partial charge is 0.306 e. The molecular formula is C50H80NO10P. The summed E-state index contributed by atoms with van der Waals surface area (Å²) in [5.41, 5.74) is 0. The zero-order valence-electron chi connectivity index (χ0n) is 38.5. The van der Waals surface area contributed by atoms with Crippen LogP contribution in [0.25, 0.3) is 0 Å². The highest BCUT2D eigenvalue weighted by Gasteiger charge is 2.21. The molecule has 0 fully saturated rings. The minimum atomic E-state index is -4.70. The lowest BCUT2D eigenvalue weighted by atomic mass is 10.2. The molecule has 0 spiro atoms. The molecule has 0 aromatic rings. The molecular weight excluding hydrogens is 806 g/mol. The number of rotatable bonds is 38. The van der Waals surface area contributed by atoms with Gasteiger partial charge >= 0.3 is 11.9 Å². The van der Waals surface area contributed by atoms with Crippen LogP contribution in [-0.2, 0) is 32.7 Å². The van der Waals surface area contributed by atoms with Crippen molar-refractivity contribution in [3.8, 4) is 0 Å². The molecule has 1 unspecified atom stereocenters. The summed E-state index contributed by atoms with van der Waals surface area (Å²) in [7, 11) is 0.982. The SMILES string of the molecule is CC/C=C\C[C@H](O)/C=C/C=C\C/C=C\C=C\[C@H](O)/C=C\CCCC(=O)O[C@H](COC(=O)CCC/C=C\C/C=C\C/C=C\C/C=C\CCCCC)COP(=O)([O-])OCC[N+](C)(C)C. The Labute approximate surface area is 374 Å². The molecule has 0 rings (SSSR count). The predicted octanol–water partition coefficient (Wildman–Crippen LogP) is 10.2. The maximum atomic E-state index is 12.7. The van der Waals surface area contributed by atoms with E-state index in [2.05, 4.69) is 56.4 Å². The summed E-state index contributed by atoms with van der Waals surface area (Å²) in [5.74, 6) is -1.10. The first-order chi connectivity index (χ1) is 29.8. The van der Waals surface area contributed by atoms with Gasteiger partial charge in [0.05, 0.1) is 40.0 Å². The number of esters is 2. The van der Waals surface area contributed by atoms with Gasteiger partial charge in [0.2, 0.25) is 0 Å². The highest BCUT2D eigenvalue weighted by molar-refractivity contribution is 7.45. The first-order valence-electron chi connectivity index (χ1n) is 22.5. The zero-order chi connectivity index (χ0) is 46.0. The van der Waals surface area contributed by atoms with Crippen molar-refractivity contribution in [2.45, 2.75) is 135 Å². The Morgan fingerprint density at radius 3 is 1.81 bits per heavy atom. The third-order valence-corrected chi connectivity index (χ3v) is 9.60. The van der Waals surface area contributed by atoms with Crippen LogP contribution in [0.2, 0.25) is 0 Å². The number of aliphatic hydroxyl groups excluding tert-OH is 2. The first-order valence-corrected chi connectivity index (χ1v) is 23.9. The van der Waals surface area contributed by atoms with E-state index >= 15 is 0 Å². The highest BCUT2D eigenvalue weighted by atomic mass is 31.2. The van der Waals surface area contributed by atoms with Crippen molar-refractivity contribution >= 4 is 19.8 Å². The van der Waals surface area contributed by atoms with Gasteiger partial charge < -0.3 is 38.1 Å². The van der Waals surface area contributed by atoms with E-state index in [-0.39, 0.29) is 26.1 Å². The summed E-state index contributed by atoms with van der Waals surface area (Å²) in [6, 6.07) is 0. The molecule has 4 atom stereocenters. The van der Waals surface area contributed by atoms with Crippen molar-refractivity contribution in [1.29, 1.82) is 0 Å². The maximum Gasteiger partial charge on any atom is 0.306 e. The Bertz CT molecular complexity index is 1500. The van der Waals surface area contributed by atoms with E-state index in [4.69, 9.17) is 18.5 Å². The second kappa shape index (κ2) is 40.1. The second-order valence-electron chi connectivity index (χ2n) is 15.7. The molecule has 0 aliphatic carbocycles. The van der Waals surface area contributed by atoms with Gasteiger partial charge in [-0.3, -0.25) is 14.2 Å². The summed E-state index contributed by atoms with van der Waals surface area (Å²) in [4.78, 5) is 37.6. The van der Waals surface area contributed by atoms with Crippen LogP contribution in [0.15, 0.2) is 122 Å². The van der Waals surface area contributed by atoms with Crippen LogP contribution in [0.4, 0.5) is 0 Å². The number of nitrogens with zero attached hydrogens (tertiary/aromatic N) is 1. The molecule has 12 heteroatoms. The first kappa shape index (κ1) is 58.3. The van der Waals surface area contributed by atoms with Crippen molar-refractivity contribution in [3.63, 3.8) is 0 Å². The average molecular weight is 886 g/mol. The Morgan fingerprint density at radius 1 is 0.629 bits per heavy atom. The van der Waals surface area contributed by atoms with Gasteiger partial charge in [-0.1, -0.05) is 148 Å². The predicted molar refractivity (Wildman–Crippen MR) is 252 cm³/mol. The molecule has 0 amide bonds. The monoisotopic (exact) mass is 886 g/mol. The number of carbonyl (C=O) groups excluding carboxylic acids is 2. The molecule has 0 bridgehead atoms. The largest absolute Gasteiger partial charge is 0.756 e. The minimum Gasteiger partial charge on any atom is -0.756 e. The molecule has 0 radical (unpaired) electrons. The van der Waals surface area contributed by atoms with Gasteiger partial charge in [0, 0.05) is 12.8 Å². The lowest BCUT2D eigenvalue weighted by molar-refractivity contribution is -0.870. The molecule has 350 valence electrons. The van der Waals surface area contributed by atoms with Gasteiger partial charge in [0.1, 0.15) is 19.8 Å². The summed E-state index contributed by atoms with van der Waals surface area (Å²) in [6.07, 6.45) is 48.8. The Morgan fingerprint density at radius 2 is 1.19 bits per heavy atom. The number of carbonyl (C=O) groups is 2. The van der Waals surface area contributed by atoms with Gasteiger partial charge in [-0.05, 0) is 77.0 Å². The highest BCUT2D eigenvalue weighted by Crippen LogP contribution is 2.38. The molecule has 62 heavy (non-hydrogen) atoms. The van der Waals surface area contributed by atoms with Gasteiger partial charge in [0.25, 0.3) is 7.82 Å². The minimum absolute atomic E-state index is 0.0190. The van der Waals surface area contributed by atoms with Crippen LogP contribution < -0.4 is 4.89 Å². The molecule has 0 saturated carbocycles. The number of quaternary nitrogens is 1. The van der Waals surface area contributed by atoms with E-state index in [9.17, 15) is 29.3 Å². The van der Waals surface area contributed by atoms with E-state index < -0.39 is 44.7 Å². The topological polar surface area (TPSA) is 152 Å². The fourth-order valence-corrected chi connectivity index (χ4v) is 5.82. The number of aliphatic hydroxyl groups is 2. The number of likely N-dealkylation sites (N-methyl/N-ethyl adjacent to an activating group) is 1. The van der Waals surface area contributed by atoms with Gasteiger partial charge in [-0.15, -0.1) is 0 Å². The zero-order valence-corrected chi connectivity index (χ0v) is 39.4. The van der Waals surface area contributed by atoms with Gasteiger partial charge in [-0.25, -0.2) is 0 Å². The quantitative estimate of drug-likeness (QED) is 0.0153. The second-order valence-corrected chi connectivity index (χ2v) is 17.1. The van der Waals surface area contributed by atoms with Gasteiger partial charge in [-0.2, -0.15) is 0 Å². The standard InChI is InChI=1S/C50H80NO10P/c1-6-8-10-11-12-13-14-15-16-17-18-19-20-21-25-28-34-40-49(54)58-44-48(45-60-62(56,57)59-43-42-51(3,4)5)61-50(55)41-35-29-33-39-47(53)38-32-27-24-22-23-26-31-37-46(52)36-30-9-7-2/h9,12-13,15-16,18-19,21,23-27,30-33,37-39,46-48,52-53H,6-8,10-11,14,17,20,22,28-29,34-36,40-45H2,1-5H3/b13-12-,16-15-,19-18-,25-21-,26-23-,27-24-,30-9-,37-31+,38-32+,39-33-/t46-,47-,48+/m0/s1. The summed E-state index contributed by atoms with van der Waals surface area (Å²) >= 11 is 0. The van der Waals surface area contributed by atoms with Crippen LogP contribution in [0.1, 0.15) is 117 Å². The number of hydrogen-bond acceptors (Lipinski definition) is 10. The molecule has 0 aliphatic heterocycles. The normalized spacial score (nSPS) is 15.7. The molecule has 0 aliphatic rings. The van der Waals surface area contributed by atoms with E-state index in [0.717, 1.165) is 32.1 Å². The van der Waals surface area contributed by atoms with Crippen molar-refractivity contribution in [2.24, 2.45) is 0 Å². The average Bonchev–Trinajstić information content (AvgIpc) is 3.21. The van der Waals surface area contributed by atoms with E-state index in [0.29, 0.717) is 49.6 Å². The van der Waals surface area contributed by atoms with Crippen LogP contribution in [0, 0.1) is 0 Å². The van der Waals surface area contributed by atoms with Crippen molar-refractivity contribution < 1.29 is 52.3 Å². The molecule has 2 N–H and O–H groups in total. The van der Waals surface area contributed by atoms with Crippen molar-refractivity contribution in [2.75, 3.05) is 47.5 Å². The number of ether oxygens (including phenoxy) is 2. The third kappa shape index (κ3) is 43.0. The van der Waals surface area contributed by atoms with Crippen LogP contribution in [0.5, 0.6) is 0 Å². The lowest BCUT2D eigenvalue weighted by Gasteiger charge is -2.28. The fourth-order valence-electron chi connectivity index (χ4n) is 5.09. The van der Waals surface area contributed by atoms with Crippen LogP contribution in [0.3, 0.4) is 0 Å². The molecule has 0 aromatic heterocycles. The van der Waals surface area contributed by atoms with Crippen LogP contribution >= 0.6 is 7.82 Å². The third-order valence-electron chi connectivity index (χ3n) is 8.64. The fraction of sp³-hybridized carbons (Fsp3) is 0.560. The van der Waals surface area contributed by atoms with E-state index in [1.807, 2.05) is 69.8 Å². The summed E-state index contributed by atoms with van der Waals surface area (Å²) < 4.78 is 33.7. The van der Waals surface area contributed by atoms with Gasteiger partial charge in [0.15, 0.2) is 6.10 Å². The lowest BCUT2D eigenvalue weighted by Crippen LogP contribution is -2.37. The number of unbranched alkanes of at least 4 members (excludes halogenated alkanes) is 5. The number of phosphoric acid groups is 1. The number of hydrogen-bond donors (Lipinski definition) is 2. The summed E-state index contributed by atoms with van der Waals surface area (Å²) in [6.45, 7) is 3.68. The molecule has 0 saturated heterocycles. The molecule has 11 nitrogen and oxygen atoms in total. The summed E-state index contributed by atoms with van der Waals surface area (Å²) in [5, 5.41) is 20.0. The van der Waals surface area contributed by atoms with Crippen molar-refractivity contribution in [1.82, 2.24) is 0 Å². The van der Waals surface area contributed by atoms with E-state index in [1.165, 1.54) is 19.3 Å². The Balaban J connectivity index is 4.72. The molecule has 0 heterocycles. The number of allylic oxidation sites excluding steroid dienone is 16. The maximum absolute atomic E-state index is 12.7. The number of phosphoric ester groups is 1. The Kier molecular flexibility index (Phi) is 37.8.